The van der Waals surface area contributed by atoms with Crippen LogP contribution in [0.3, 0.4) is 0 Å². The van der Waals surface area contributed by atoms with Crippen molar-refractivity contribution in [3.05, 3.63) is 12.7 Å². The molecule has 0 rings (SSSR count). The first-order chi connectivity index (χ1) is 6.91. The summed E-state index contributed by atoms with van der Waals surface area (Å²) in [7, 11) is 1.48. The average molecular weight is 197 g/mol. The molecule has 0 aromatic carbocycles. The predicted octanol–water partition coefficient (Wildman–Crippen LogP) is 3.10. The standard InChI is InChI=1S/C11H22BO2/c1-3-5-7-8-9-11-14-12-13-10-6-4-2/h3H,1,4-11H2,2H3. The molecule has 0 atom stereocenters. The Hall–Kier alpha value is -0.275. The van der Waals surface area contributed by atoms with Gasteiger partial charge in [0, 0.05) is 13.2 Å². The molecule has 0 aliphatic heterocycles. The Morgan fingerprint density at radius 1 is 1.07 bits per heavy atom. The van der Waals surface area contributed by atoms with Crippen LogP contribution in [0.1, 0.15) is 45.4 Å². The Morgan fingerprint density at radius 2 is 1.79 bits per heavy atom. The van der Waals surface area contributed by atoms with E-state index in [9.17, 15) is 0 Å². The molecule has 0 spiro atoms. The predicted molar refractivity (Wildman–Crippen MR) is 61.2 cm³/mol. The van der Waals surface area contributed by atoms with Gasteiger partial charge in [-0.2, -0.15) is 0 Å². The third kappa shape index (κ3) is 11.7. The summed E-state index contributed by atoms with van der Waals surface area (Å²) in [5, 5.41) is 0. The van der Waals surface area contributed by atoms with Crippen LogP contribution in [0, 0.1) is 0 Å². The Bertz CT molecular complexity index is 118. The van der Waals surface area contributed by atoms with Gasteiger partial charge in [0.25, 0.3) is 0 Å². The molecule has 1 radical (unpaired) electrons. The summed E-state index contributed by atoms with van der Waals surface area (Å²) in [6, 6.07) is 0. The van der Waals surface area contributed by atoms with Gasteiger partial charge in [0.2, 0.25) is 0 Å². The molecule has 3 heteroatoms. The normalized spacial score (nSPS) is 10.1. The number of rotatable bonds is 11. The summed E-state index contributed by atoms with van der Waals surface area (Å²) in [5.74, 6) is 0. The molecule has 0 saturated heterocycles. The Kier molecular flexibility index (Phi) is 12.5. The summed E-state index contributed by atoms with van der Waals surface area (Å²) in [5.41, 5.74) is 0. The van der Waals surface area contributed by atoms with Crippen molar-refractivity contribution in [3.8, 4) is 0 Å². The van der Waals surface area contributed by atoms with Gasteiger partial charge in [0.15, 0.2) is 0 Å². The molecule has 0 aliphatic carbocycles. The highest BCUT2D eigenvalue weighted by Crippen LogP contribution is 1.99. The quantitative estimate of drug-likeness (QED) is 0.288. The summed E-state index contributed by atoms with van der Waals surface area (Å²) < 4.78 is 10.3. The van der Waals surface area contributed by atoms with Crippen molar-refractivity contribution in [1.82, 2.24) is 0 Å². The van der Waals surface area contributed by atoms with E-state index >= 15 is 0 Å². The van der Waals surface area contributed by atoms with E-state index in [-0.39, 0.29) is 0 Å². The fourth-order valence-electron chi connectivity index (χ4n) is 1.02. The minimum Gasteiger partial charge on any atom is -0.413 e. The number of allylic oxidation sites excluding steroid dienone is 1. The zero-order valence-electron chi connectivity index (χ0n) is 9.34. The molecule has 0 aromatic rings. The van der Waals surface area contributed by atoms with Gasteiger partial charge in [-0.15, -0.1) is 6.58 Å². The zero-order valence-corrected chi connectivity index (χ0v) is 9.34. The summed E-state index contributed by atoms with van der Waals surface area (Å²) in [6.45, 7) is 7.36. The minimum atomic E-state index is 0.767. The van der Waals surface area contributed by atoms with Gasteiger partial charge in [0.05, 0.1) is 0 Å². The maximum absolute atomic E-state index is 5.19. The lowest BCUT2D eigenvalue weighted by Crippen LogP contribution is -2.06. The highest BCUT2D eigenvalue weighted by Gasteiger charge is 1.94. The van der Waals surface area contributed by atoms with Gasteiger partial charge in [-0.1, -0.05) is 25.8 Å². The second-order valence-electron chi connectivity index (χ2n) is 3.33. The number of hydrogen-bond donors (Lipinski definition) is 0. The SMILES string of the molecule is C=CCCCCCO[B]OCCCC. The molecule has 0 aliphatic rings. The fraction of sp³-hybridized carbons (Fsp3) is 0.818. The van der Waals surface area contributed by atoms with Crippen molar-refractivity contribution in [2.45, 2.75) is 45.4 Å². The van der Waals surface area contributed by atoms with Crippen LogP contribution in [0.25, 0.3) is 0 Å². The monoisotopic (exact) mass is 197 g/mol. The molecular formula is C11H22BO2. The first kappa shape index (κ1) is 13.7. The molecule has 0 saturated carbocycles. The van der Waals surface area contributed by atoms with Crippen LogP contribution in [0.4, 0.5) is 0 Å². The van der Waals surface area contributed by atoms with E-state index in [4.69, 9.17) is 9.31 Å². The van der Waals surface area contributed by atoms with Gasteiger partial charge in [-0.3, -0.25) is 0 Å². The Balaban J connectivity index is 2.81. The molecule has 0 heterocycles. The largest absolute Gasteiger partial charge is 0.487 e. The Morgan fingerprint density at radius 3 is 2.43 bits per heavy atom. The molecule has 14 heavy (non-hydrogen) atoms. The van der Waals surface area contributed by atoms with E-state index in [1.807, 2.05) is 6.08 Å². The third-order valence-corrected chi connectivity index (χ3v) is 1.92. The third-order valence-electron chi connectivity index (χ3n) is 1.92. The molecule has 0 N–H and O–H groups in total. The molecule has 2 nitrogen and oxygen atoms in total. The van der Waals surface area contributed by atoms with E-state index in [0.717, 1.165) is 38.9 Å². The molecule has 81 valence electrons. The molecule has 0 amide bonds. The lowest BCUT2D eigenvalue weighted by Gasteiger charge is -2.02. The lowest BCUT2D eigenvalue weighted by atomic mass is 10.2. The minimum absolute atomic E-state index is 0.767. The zero-order chi connectivity index (χ0) is 10.5. The maximum atomic E-state index is 5.19. The van der Waals surface area contributed by atoms with Crippen molar-refractivity contribution >= 4 is 7.69 Å². The number of unbranched alkanes of at least 4 members (excludes halogenated alkanes) is 4. The number of hydrogen-bond acceptors (Lipinski definition) is 2. The van der Waals surface area contributed by atoms with Crippen LogP contribution >= 0.6 is 0 Å². The van der Waals surface area contributed by atoms with E-state index in [2.05, 4.69) is 13.5 Å². The second-order valence-corrected chi connectivity index (χ2v) is 3.33. The molecule has 0 aromatic heterocycles. The van der Waals surface area contributed by atoms with Crippen LogP contribution in [-0.2, 0) is 9.31 Å². The highest BCUT2D eigenvalue weighted by atomic mass is 16.6. The molecule has 0 fully saturated rings. The van der Waals surface area contributed by atoms with Crippen LogP contribution < -0.4 is 0 Å². The van der Waals surface area contributed by atoms with Gasteiger partial charge < -0.3 is 9.31 Å². The van der Waals surface area contributed by atoms with Gasteiger partial charge in [-0.25, -0.2) is 0 Å². The lowest BCUT2D eigenvalue weighted by molar-refractivity contribution is 0.215. The molecular weight excluding hydrogens is 175 g/mol. The van der Waals surface area contributed by atoms with Crippen molar-refractivity contribution in [3.63, 3.8) is 0 Å². The van der Waals surface area contributed by atoms with E-state index < -0.39 is 0 Å². The topological polar surface area (TPSA) is 18.5 Å². The van der Waals surface area contributed by atoms with Crippen LogP contribution in [-0.4, -0.2) is 20.9 Å². The van der Waals surface area contributed by atoms with Crippen LogP contribution in [0.2, 0.25) is 0 Å². The van der Waals surface area contributed by atoms with Gasteiger partial charge in [0.1, 0.15) is 0 Å². The van der Waals surface area contributed by atoms with E-state index in [1.54, 1.807) is 0 Å². The first-order valence-corrected chi connectivity index (χ1v) is 5.57. The Labute approximate surface area is 89.0 Å². The van der Waals surface area contributed by atoms with Crippen molar-refractivity contribution in [2.24, 2.45) is 0 Å². The van der Waals surface area contributed by atoms with Crippen molar-refractivity contribution < 1.29 is 9.31 Å². The summed E-state index contributed by atoms with van der Waals surface area (Å²) in [6.07, 6.45) is 8.84. The molecule has 0 bridgehead atoms. The van der Waals surface area contributed by atoms with Gasteiger partial charge >= 0.3 is 7.69 Å². The molecule has 0 unspecified atom stereocenters. The highest BCUT2D eigenvalue weighted by molar-refractivity contribution is 6.17. The second kappa shape index (κ2) is 12.7. The van der Waals surface area contributed by atoms with Crippen molar-refractivity contribution in [2.75, 3.05) is 13.2 Å². The van der Waals surface area contributed by atoms with Crippen LogP contribution in [0.15, 0.2) is 12.7 Å². The van der Waals surface area contributed by atoms with E-state index in [1.165, 1.54) is 20.5 Å². The van der Waals surface area contributed by atoms with Crippen LogP contribution in [0.5, 0.6) is 0 Å². The van der Waals surface area contributed by atoms with Gasteiger partial charge in [-0.05, 0) is 25.7 Å². The summed E-state index contributed by atoms with van der Waals surface area (Å²) in [4.78, 5) is 0. The smallest absolute Gasteiger partial charge is 0.413 e. The maximum Gasteiger partial charge on any atom is 0.487 e. The average Bonchev–Trinajstić information content (AvgIpc) is 2.21. The van der Waals surface area contributed by atoms with E-state index in [0.29, 0.717) is 0 Å². The summed E-state index contributed by atoms with van der Waals surface area (Å²) >= 11 is 0. The van der Waals surface area contributed by atoms with Crippen molar-refractivity contribution in [1.29, 1.82) is 0 Å². The first-order valence-electron chi connectivity index (χ1n) is 5.57. The fourth-order valence-corrected chi connectivity index (χ4v) is 1.02.